The third-order valence-electron chi connectivity index (χ3n) is 4.11. The zero-order chi connectivity index (χ0) is 11.1. The Kier molecular flexibility index (Phi) is 2.73. The van der Waals surface area contributed by atoms with Crippen LogP contribution in [0.2, 0.25) is 0 Å². The molecule has 5 atom stereocenters. The summed E-state index contributed by atoms with van der Waals surface area (Å²) in [4.78, 5) is 0. The lowest BCUT2D eigenvalue weighted by atomic mass is 9.72. The predicted octanol–water partition coefficient (Wildman–Crippen LogP) is 1.74. The lowest BCUT2D eigenvalue weighted by Gasteiger charge is -2.38. The molecule has 2 nitrogen and oxygen atoms in total. The van der Waals surface area contributed by atoms with Gasteiger partial charge in [0, 0.05) is 6.61 Å². The first kappa shape index (κ1) is 10.9. The number of hydrogen-bond donors (Lipinski definition) is 2. The van der Waals surface area contributed by atoms with Crippen LogP contribution in [0.5, 0.6) is 0 Å². The van der Waals surface area contributed by atoms with Gasteiger partial charge in [0.2, 0.25) is 0 Å². The normalized spacial score (nSPS) is 41.8. The van der Waals surface area contributed by atoms with Crippen LogP contribution < -0.4 is 0 Å². The van der Waals surface area contributed by atoms with Gasteiger partial charge in [-0.25, -0.2) is 0 Å². The first-order chi connectivity index (χ1) is 7.10. The summed E-state index contributed by atoms with van der Waals surface area (Å²) in [6.45, 7) is 5.75. The third-order valence-corrected chi connectivity index (χ3v) is 4.11. The van der Waals surface area contributed by atoms with Gasteiger partial charge in [0.05, 0.1) is 5.60 Å². The summed E-state index contributed by atoms with van der Waals surface area (Å²) in [6.07, 6.45) is 7.88. The molecule has 1 saturated carbocycles. The molecule has 2 N–H and O–H groups in total. The summed E-state index contributed by atoms with van der Waals surface area (Å²) in [5, 5.41) is 19.8. The number of fused-ring (bicyclic) bond motifs is 2. The van der Waals surface area contributed by atoms with Crippen LogP contribution in [-0.4, -0.2) is 22.4 Å². The molecular formula is C13H20O2. The van der Waals surface area contributed by atoms with Gasteiger partial charge in [-0.3, -0.25) is 0 Å². The fourth-order valence-corrected chi connectivity index (χ4v) is 3.52. The molecule has 0 unspecified atom stereocenters. The highest BCUT2D eigenvalue weighted by atomic mass is 16.3. The fourth-order valence-electron chi connectivity index (χ4n) is 3.52. The van der Waals surface area contributed by atoms with Crippen molar-refractivity contribution in [1.29, 1.82) is 0 Å². The maximum absolute atomic E-state index is 10.4. The number of aliphatic hydroxyl groups excluding tert-OH is 1. The van der Waals surface area contributed by atoms with Gasteiger partial charge in [0.15, 0.2) is 0 Å². The highest BCUT2D eigenvalue weighted by molar-refractivity contribution is 5.17. The molecule has 0 amide bonds. The van der Waals surface area contributed by atoms with Crippen molar-refractivity contribution in [2.24, 2.45) is 23.7 Å². The van der Waals surface area contributed by atoms with E-state index in [-0.39, 0.29) is 18.4 Å². The molecule has 0 radical (unpaired) electrons. The molecule has 0 aliphatic heterocycles. The predicted molar refractivity (Wildman–Crippen MR) is 60.2 cm³/mol. The van der Waals surface area contributed by atoms with Crippen molar-refractivity contribution in [2.45, 2.75) is 25.4 Å². The summed E-state index contributed by atoms with van der Waals surface area (Å²) >= 11 is 0. The van der Waals surface area contributed by atoms with Crippen molar-refractivity contribution < 1.29 is 10.2 Å². The van der Waals surface area contributed by atoms with Crippen molar-refractivity contribution in [2.75, 3.05) is 6.61 Å². The van der Waals surface area contributed by atoms with E-state index in [1.54, 1.807) is 6.08 Å². The summed E-state index contributed by atoms with van der Waals surface area (Å²) < 4.78 is 0. The van der Waals surface area contributed by atoms with Gasteiger partial charge in [-0.1, -0.05) is 18.2 Å². The molecule has 84 valence electrons. The average Bonchev–Trinajstić information content (AvgIpc) is 2.75. The molecule has 0 aromatic rings. The number of hydrogen-bond acceptors (Lipinski definition) is 2. The molecule has 2 heteroatoms. The monoisotopic (exact) mass is 208 g/mol. The van der Waals surface area contributed by atoms with Gasteiger partial charge < -0.3 is 10.2 Å². The summed E-state index contributed by atoms with van der Waals surface area (Å²) in [7, 11) is 0. The second-order valence-corrected chi connectivity index (χ2v) is 5.17. The van der Waals surface area contributed by atoms with E-state index in [1.807, 2.05) is 6.92 Å². The van der Waals surface area contributed by atoms with Gasteiger partial charge in [0.1, 0.15) is 0 Å². The van der Waals surface area contributed by atoms with E-state index >= 15 is 0 Å². The number of allylic oxidation sites excluding steroid dienone is 2. The van der Waals surface area contributed by atoms with Crippen LogP contribution >= 0.6 is 0 Å². The van der Waals surface area contributed by atoms with Crippen LogP contribution in [-0.2, 0) is 0 Å². The third kappa shape index (κ3) is 1.66. The van der Waals surface area contributed by atoms with E-state index in [1.165, 1.54) is 0 Å². The topological polar surface area (TPSA) is 40.5 Å². The molecule has 2 aliphatic rings. The SMILES string of the molecule is C=CC[C@](C)(O)[C@H]1[C@@H](CO)[C@H]2C=C[C@@H]1C2. The second kappa shape index (κ2) is 3.76. The van der Waals surface area contributed by atoms with Crippen LogP contribution in [0.25, 0.3) is 0 Å². The average molecular weight is 208 g/mol. The molecule has 0 aromatic heterocycles. The highest BCUT2D eigenvalue weighted by Crippen LogP contribution is 2.52. The standard InChI is InChI=1S/C13H20O2/c1-3-6-13(2,15)12-10-5-4-9(7-10)11(12)8-14/h3-5,9-12,14-15H,1,6-8H2,2H3/t9-,10+,11-,12+,13-/m0/s1. The Labute approximate surface area is 91.3 Å². The minimum atomic E-state index is -0.723. The molecule has 0 heterocycles. The maximum Gasteiger partial charge on any atom is 0.0691 e. The van der Waals surface area contributed by atoms with Crippen LogP contribution in [0, 0.1) is 23.7 Å². The van der Waals surface area contributed by atoms with E-state index < -0.39 is 5.60 Å². The summed E-state index contributed by atoms with van der Waals surface area (Å²) in [5.74, 6) is 1.34. The lowest BCUT2D eigenvalue weighted by Crippen LogP contribution is -2.42. The van der Waals surface area contributed by atoms with Crippen molar-refractivity contribution in [3.63, 3.8) is 0 Å². The Bertz CT molecular complexity index is 280. The first-order valence-corrected chi connectivity index (χ1v) is 5.72. The van der Waals surface area contributed by atoms with Crippen LogP contribution in [0.3, 0.4) is 0 Å². The lowest BCUT2D eigenvalue weighted by molar-refractivity contribution is -0.0412. The van der Waals surface area contributed by atoms with Crippen LogP contribution in [0.1, 0.15) is 19.8 Å². The quantitative estimate of drug-likeness (QED) is 0.691. The Morgan fingerprint density at radius 2 is 2.13 bits per heavy atom. The summed E-state index contributed by atoms with van der Waals surface area (Å²) in [5.41, 5.74) is -0.723. The largest absolute Gasteiger partial charge is 0.396 e. The first-order valence-electron chi connectivity index (χ1n) is 5.72. The van der Waals surface area contributed by atoms with Crippen molar-refractivity contribution in [3.8, 4) is 0 Å². The zero-order valence-corrected chi connectivity index (χ0v) is 9.26. The van der Waals surface area contributed by atoms with E-state index in [0.29, 0.717) is 18.3 Å². The Morgan fingerprint density at radius 3 is 2.73 bits per heavy atom. The van der Waals surface area contributed by atoms with Gasteiger partial charge in [-0.05, 0) is 43.4 Å². The zero-order valence-electron chi connectivity index (χ0n) is 9.26. The molecule has 2 bridgehead atoms. The highest BCUT2D eigenvalue weighted by Gasteiger charge is 2.51. The van der Waals surface area contributed by atoms with Gasteiger partial charge in [0.25, 0.3) is 0 Å². The molecule has 2 aliphatic carbocycles. The molecule has 0 saturated heterocycles. The van der Waals surface area contributed by atoms with Gasteiger partial charge >= 0.3 is 0 Å². The Morgan fingerprint density at radius 1 is 1.47 bits per heavy atom. The Hall–Kier alpha value is -0.600. The number of rotatable bonds is 4. The summed E-state index contributed by atoms with van der Waals surface area (Å²) in [6, 6.07) is 0. The van der Waals surface area contributed by atoms with Crippen LogP contribution in [0.4, 0.5) is 0 Å². The molecule has 15 heavy (non-hydrogen) atoms. The number of aliphatic hydroxyl groups is 2. The second-order valence-electron chi connectivity index (χ2n) is 5.17. The molecule has 0 spiro atoms. The molecule has 2 rings (SSSR count). The minimum Gasteiger partial charge on any atom is -0.396 e. The molecular weight excluding hydrogens is 188 g/mol. The van der Waals surface area contributed by atoms with Crippen molar-refractivity contribution in [3.05, 3.63) is 24.8 Å². The van der Waals surface area contributed by atoms with Crippen molar-refractivity contribution in [1.82, 2.24) is 0 Å². The van der Waals surface area contributed by atoms with E-state index in [4.69, 9.17) is 0 Å². The van der Waals surface area contributed by atoms with E-state index in [0.717, 1.165) is 6.42 Å². The van der Waals surface area contributed by atoms with E-state index in [9.17, 15) is 10.2 Å². The van der Waals surface area contributed by atoms with Gasteiger partial charge in [-0.2, -0.15) is 0 Å². The van der Waals surface area contributed by atoms with Crippen molar-refractivity contribution >= 4 is 0 Å². The van der Waals surface area contributed by atoms with Crippen LogP contribution in [0.15, 0.2) is 24.8 Å². The van der Waals surface area contributed by atoms with E-state index in [2.05, 4.69) is 18.7 Å². The minimum absolute atomic E-state index is 0.184. The van der Waals surface area contributed by atoms with Gasteiger partial charge in [-0.15, -0.1) is 6.58 Å². The molecule has 0 aromatic carbocycles. The maximum atomic E-state index is 10.4. The smallest absolute Gasteiger partial charge is 0.0691 e. The fraction of sp³-hybridized carbons (Fsp3) is 0.692. The molecule has 1 fully saturated rings. The Balaban J connectivity index is 2.21.